The number of hydrogen-bond acceptors (Lipinski definition) is 1. The van der Waals surface area contributed by atoms with Gasteiger partial charge in [-0.1, -0.05) is 42.5 Å². The molecule has 1 amide bonds. The van der Waals surface area contributed by atoms with Crippen molar-refractivity contribution in [3.05, 3.63) is 33.6 Å². The zero-order valence-electron chi connectivity index (χ0n) is 12.7. The molecule has 6 heteroatoms. The molecule has 22 heavy (non-hydrogen) atoms. The Morgan fingerprint density at radius 1 is 1.32 bits per heavy atom. The lowest BCUT2D eigenvalue weighted by Gasteiger charge is -2.22. The van der Waals surface area contributed by atoms with Crippen molar-refractivity contribution in [3.63, 3.8) is 0 Å². The predicted octanol–water partition coefficient (Wildman–Crippen LogP) is 3.21. The molecule has 2 rings (SSSR count). The van der Waals surface area contributed by atoms with Crippen molar-refractivity contribution in [2.75, 3.05) is 6.54 Å². The van der Waals surface area contributed by atoms with E-state index >= 15 is 0 Å². The van der Waals surface area contributed by atoms with E-state index in [0.717, 1.165) is 12.8 Å². The highest BCUT2D eigenvalue weighted by Gasteiger charge is 2.19. The second kappa shape index (κ2) is 8.14. The monoisotopic (exact) mass is 347 g/mol. The molecular formula is C16H22Cl2FN2O+. The van der Waals surface area contributed by atoms with Crippen LogP contribution in [0.15, 0.2) is 12.1 Å². The number of carbonyl (C=O) groups excluding carboxylic acids is 1. The number of quaternary nitrogens is 1. The molecule has 0 bridgehead atoms. The summed E-state index contributed by atoms with van der Waals surface area (Å²) in [7, 11) is 0. The first-order chi connectivity index (χ1) is 10.5. The fourth-order valence-corrected chi connectivity index (χ4v) is 3.39. The number of nitrogens with two attached hydrogens (primary N) is 1. The molecular weight excluding hydrogens is 326 g/mol. The van der Waals surface area contributed by atoms with Crippen molar-refractivity contribution in [2.24, 2.45) is 0 Å². The molecule has 0 aliphatic heterocycles. The third-order valence-electron chi connectivity index (χ3n) is 4.16. The number of amides is 1. The molecule has 1 atom stereocenters. The molecule has 0 spiro atoms. The number of benzene rings is 1. The Kier molecular flexibility index (Phi) is 6.48. The fourth-order valence-electron chi connectivity index (χ4n) is 2.83. The number of rotatable bonds is 5. The normalized spacial score (nSPS) is 17.3. The average Bonchev–Trinajstić information content (AvgIpc) is 2.49. The third-order valence-corrected chi connectivity index (χ3v) is 4.77. The summed E-state index contributed by atoms with van der Waals surface area (Å²) in [6.45, 7) is 2.20. The Morgan fingerprint density at radius 2 is 2.00 bits per heavy atom. The van der Waals surface area contributed by atoms with E-state index < -0.39 is 5.82 Å². The van der Waals surface area contributed by atoms with Crippen LogP contribution in [-0.2, 0) is 4.79 Å². The van der Waals surface area contributed by atoms with Crippen LogP contribution in [0.2, 0.25) is 10.0 Å². The zero-order valence-corrected chi connectivity index (χ0v) is 14.2. The van der Waals surface area contributed by atoms with Gasteiger partial charge in [-0.3, -0.25) is 4.79 Å². The van der Waals surface area contributed by atoms with Crippen LogP contribution in [0.5, 0.6) is 0 Å². The van der Waals surface area contributed by atoms with Crippen molar-refractivity contribution < 1.29 is 14.5 Å². The first kappa shape index (κ1) is 17.5. The van der Waals surface area contributed by atoms with E-state index in [1.165, 1.54) is 31.4 Å². The van der Waals surface area contributed by atoms with Crippen molar-refractivity contribution in [1.82, 2.24) is 5.32 Å². The molecule has 0 heterocycles. The van der Waals surface area contributed by atoms with Crippen LogP contribution >= 0.6 is 23.2 Å². The smallest absolute Gasteiger partial charge is 0.275 e. The summed E-state index contributed by atoms with van der Waals surface area (Å²) in [6.07, 6.45) is 5.76. The molecule has 0 aromatic heterocycles. The van der Waals surface area contributed by atoms with Gasteiger partial charge in [-0.25, -0.2) is 4.39 Å². The summed E-state index contributed by atoms with van der Waals surface area (Å²) in [5.41, 5.74) is 0.647. The Bertz CT molecular complexity index is 533. The topological polar surface area (TPSA) is 45.7 Å². The van der Waals surface area contributed by atoms with E-state index in [-0.39, 0.29) is 17.0 Å². The van der Waals surface area contributed by atoms with Crippen molar-refractivity contribution >= 4 is 29.1 Å². The molecule has 1 aliphatic carbocycles. The molecule has 3 nitrogen and oxygen atoms in total. The SMILES string of the molecule is C[C@H]([NH2+]CC(=O)NC1CCCCC1)c1cc(F)c(Cl)cc1Cl. The van der Waals surface area contributed by atoms with Crippen LogP contribution in [0, 0.1) is 5.82 Å². The van der Waals surface area contributed by atoms with E-state index in [4.69, 9.17) is 23.2 Å². The van der Waals surface area contributed by atoms with Crippen molar-refractivity contribution in [1.29, 1.82) is 0 Å². The second-order valence-electron chi connectivity index (χ2n) is 5.92. The van der Waals surface area contributed by atoms with Gasteiger partial charge in [0.2, 0.25) is 0 Å². The molecule has 3 N–H and O–H groups in total. The summed E-state index contributed by atoms with van der Waals surface area (Å²) in [5, 5.41) is 5.35. The fraction of sp³-hybridized carbons (Fsp3) is 0.562. The van der Waals surface area contributed by atoms with Crippen molar-refractivity contribution in [2.45, 2.75) is 51.1 Å². The lowest BCUT2D eigenvalue weighted by atomic mass is 9.95. The molecule has 1 aliphatic rings. The number of hydrogen-bond donors (Lipinski definition) is 2. The van der Waals surface area contributed by atoms with E-state index in [0.29, 0.717) is 23.2 Å². The number of nitrogens with one attached hydrogen (secondary N) is 1. The molecule has 0 unspecified atom stereocenters. The summed E-state index contributed by atoms with van der Waals surface area (Å²) < 4.78 is 13.5. The minimum Gasteiger partial charge on any atom is -0.348 e. The quantitative estimate of drug-likeness (QED) is 0.789. The number of halogens is 3. The first-order valence-electron chi connectivity index (χ1n) is 7.74. The first-order valence-corrected chi connectivity index (χ1v) is 8.50. The van der Waals surface area contributed by atoms with Gasteiger partial charge in [0, 0.05) is 11.6 Å². The second-order valence-corrected chi connectivity index (χ2v) is 6.73. The van der Waals surface area contributed by atoms with Gasteiger partial charge in [-0.05, 0) is 31.9 Å². The van der Waals surface area contributed by atoms with Crippen molar-refractivity contribution in [3.8, 4) is 0 Å². The maximum atomic E-state index is 13.5. The highest BCUT2D eigenvalue weighted by molar-refractivity contribution is 6.35. The minimum atomic E-state index is -0.493. The maximum Gasteiger partial charge on any atom is 0.275 e. The van der Waals surface area contributed by atoms with Crippen LogP contribution < -0.4 is 10.6 Å². The summed E-state index contributed by atoms with van der Waals surface area (Å²) in [6, 6.07) is 2.93. The van der Waals surface area contributed by atoms with E-state index in [1.54, 1.807) is 0 Å². The largest absolute Gasteiger partial charge is 0.348 e. The van der Waals surface area contributed by atoms with Crippen LogP contribution in [-0.4, -0.2) is 18.5 Å². The van der Waals surface area contributed by atoms with E-state index in [9.17, 15) is 9.18 Å². The maximum absolute atomic E-state index is 13.5. The van der Waals surface area contributed by atoms with E-state index in [1.807, 2.05) is 12.2 Å². The van der Waals surface area contributed by atoms with Gasteiger partial charge in [-0.15, -0.1) is 0 Å². The predicted molar refractivity (Wildman–Crippen MR) is 86.6 cm³/mol. The molecule has 1 aromatic rings. The zero-order chi connectivity index (χ0) is 16.1. The molecule has 1 aromatic carbocycles. The lowest BCUT2D eigenvalue weighted by Crippen LogP contribution is -2.87. The van der Waals surface area contributed by atoms with E-state index in [2.05, 4.69) is 5.32 Å². The minimum absolute atomic E-state index is 0.0102. The van der Waals surface area contributed by atoms with Crippen LogP contribution in [0.3, 0.4) is 0 Å². The molecule has 122 valence electrons. The van der Waals surface area contributed by atoms with Crippen LogP contribution in [0.4, 0.5) is 4.39 Å². The van der Waals surface area contributed by atoms with Crippen LogP contribution in [0.25, 0.3) is 0 Å². The number of carbonyl (C=O) groups is 1. The Balaban J connectivity index is 1.85. The molecule has 1 saturated carbocycles. The molecule has 1 fully saturated rings. The standard InChI is InChI=1S/C16H21Cl2FN2O/c1-10(12-7-15(19)14(18)8-13(12)17)20-9-16(22)21-11-5-3-2-4-6-11/h7-8,10-11,20H,2-6,9H2,1H3,(H,21,22)/p+1/t10-/m0/s1. The van der Waals surface area contributed by atoms with Gasteiger partial charge in [-0.2, -0.15) is 0 Å². The summed E-state index contributed by atoms with van der Waals surface area (Å²) in [5.74, 6) is -0.475. The van der Waals surface area contributed by atoms with Gasteiger partial charge in [0.1, 0.15) is 11.9 Å². The Morgan fingerprint density at radius 3 is 2.68 bits per heavy atom. The highest BCUT2D eigenvalue weighted by Crippen LogP contribution is 2.27. The van der Waals surface area contributed by atoms with Gasteiger partial charge in [0.05, 0.1) is 10.0 Å². The lowest BCUT2D eigenvalue weighted by molar-refractivity contribution is -0.682. The Hall–Kier alpha value is -0.840. The van der Waals surface area contributed by atoms with Gasteiger partial charge >= 0.3 is 0 Å². The average molecular weight is 348 g/mol. The van der Waals surface area contributed by atoms with Crippen LogP contribution in [0.1, 0.15) is 50.6 Å². The molecule has 0 saturated heterocycles. The van der Waals surface area contributed by atoms with Gasteiger partial charge in [0.25, 0.3) is 5.91 Å². The van der Waals surface area contributed by atoms with Gasteiger partial charge < -0.3 is 10.6 Å². The van der Waals surface area contributed by atoms with Gasteiger partial charge in [0.15, 0.2) is 6.54 Å². The molecule has 0 radical (unpaired) electrons. The highest BCUT2D eigenvalue weighted by atomic mass is 35.5. The third kappa shape index (κ3) is 4.83. The summed E-state index contributed by atoms with van der Waals surface area (Å²) in [4.78, 5) is 12.0. The summed E-state index contributed by atoms with van der Waals surface area (Å²) >= 11 is 11.8. The Labute approximate surface area is 140 Å².